The fourth-order valence-electron chi connectivity index (χ4n) is 1.82. The van der Waals surface area contributed by atoms with Crippen LogP contribution in [0.2, 0.25) is 5.02 Å². The van der Waals surface area contributed by atoms with E-state index in [0.717, 1.165) is 6.21 Å². The number of hydrogen-bond donors (Lipinski definition) is 3. The molecular weight excluding hydrogens is 320 g/mol. The van der Waals surface area contributed by atoms with Crippen molar-refractivity contribution in [2.75, 3.05) is 5.32 Å². The zero-order valence-electron chi connectivity index (χ0n) is 11.9. The van der Waals surface area contributed by atoms with Crippen molar-refractivity contribution >= 4 is 29.5 Å². The predicted molar refractivity (Wildman–Crippen MR) is 86.2 cm³/mol. The number of nitriles is 1. The Morgan fingerprint density at radius 2 is 2.09 bits per heavy atom. The molecule has 0 spiro atoms. The number of pyridine rings is 1. The first-order valence-corrected chi connectivity index (χ1v) is 6.76. The highest BCUT2D eigenvalue weighted by atomic mass is 35.5. The van der Waals surface area contributed by atoms with Crippen LogP contribution in [0.5, 0.6) is 5.88 Å². The maximum atomic E-state index is 11.8. The molecule has 0 fully saturated rings. The average molecular weight is 331 g/mol. The van der Waals surface area contributed by atoms with E-state index in [-0.39, 0.29) is 16.7 Å². The van der Waals surface area contributed by atoms with Gasteiger partial charge in [0.15, 0.2) is 0 Å². The first-order chi connectivity index (χ1) is 10.9. The molecule has 0 aliphatic rings. The predicted octanol–water partition coefficient (Wildman–Crippen LogP) is 2.57. The lowest BCUT2D eigenvalue weighted by Gasteiger charge is -2.05. The number of H-pyrrole nitrogens is 1. The van der Waals surface area contributed by atoms with Gasteiger partial charge in [-0.3, -0.25) is 9.78 Å². The van der Waals surface area contributed by atoms with Crippen molar-refractivity contribution in [1.82, 2.24) is 4.98 Å². The first kappa shape index (κ1) is 16.3. The summed E-state index contributed by atoms with van der Waals surface area (Å²) in [5.74, 6) is -0.463. The zero-order valence-corrected chi connectivity index (χ0v) is 12.7. The highest BCUT2D eigenvalue weighted by Gasteiger charge is 2.12. The van der Waals surface area contributed by atoms with E-state index in [1.807, 2.05) is 0 Å². The summed E-state index contributed by atoms with van der Waals surface area (Å²) in [6.45, 7) is 1.48. The lowest BCUT2D eigenvalue weighted by molar-refractivity contribution is 0.259. The molecule has 1 aromatic carbocycles. The van der Waals surface area contributed by atoms with Gasteiger partial charge in [-0.15, -0.1) is 0 Å². The van der Waals surface area contributed by atoms with E-state index in [0.29, 0.717) is 10.7 Å². The average Bonchev–Trinajstić information content (AvgIpc) is 2.49. The van der Waals surface area contributed by atoms with Crippen molar-refractivity contribution in [3.63, 3.8) is 0 Å². The van der Waals surface area contributed by atoms with E-state index in [9.17, 15) is 14.7 Å². The maximum absolute atomic E-state index is 11.8. The standard InChI is InChI=1S/C15H11ClN4O3/c1-8-11(6-17)13(21)20-14(22)12(8)7-18-15(23)19-10-4-2-9(16)3-5-10/h2-5,7H,1H3,(H,19,23)(H2,20,21,22)/b18-7+. The minimum Gasteiger partial charge on any atom is -0.494 e. The van der Waals surface area contributed by atoms with Gasteiger partial charge < -0.3 is 10.4 Å². The SMILES string of the molecule is Cc1c(/C=N/C(=O)Nc2ccc(Cl)cc2)c(O)[nH]c(=O)c1C#N. The van der Waals surface area contributed by atoms with Gasteiger partial charge in [-0.2, -0.15) is 5.26 Å². The van der Waals surface area contributed by atoms with Crippen LogP contribution in [0.3, 0.4) is 0 Å². The molecular formula is C15H11ClN4O3. The van der Waals surface area contributed by atoms with Gasteiger partial charge in [-0.1, -0.05) is 11.6 Å². The maximum Gasteiger partial charge on any atom is 0.345 e. The lowest BCUT2D eigenvalue weighted by Crippen LogP contribution is -2.14. The van der Waals surface area contributed by atoms with Crippen LogP contribution in [0.4, 0.5) is 10.5 Å². The van der Waals surface area contributed by atoms with E-state index >= 15 is 0 Å². The molecule has 1 aromatic heterocycles. The number of carbonyl (C=O) groups is 1. The number of urea groups is 1. The molecule has 0 bridgehead atoms. The van der Waals surface area contributed by atoms with E-state index in [4.69, 9.17) is 16.9 Å². The molecule has 3 N–H and O–H groups in total. The Hall–Kier alpha value is -3.11. The number of benzene rings is 1. The molecule has 0 saturated heterocycles. The van der Waals surface area contributed by atoms with Crippen LogP contribution in [0, 0.1) is 18.3 Å². The second-order valence-electron chi connectivity index (χ2n) is 4.52. The fraction of sp³-hybridized carbons (Fsp3) is 0.0667. The summed E-state index contributed by atoms with van der Waals surface area (Å²) in [6.07, 6.45) is 1.08. The first-order valence-electron chi connectivity index (χ1n) is 6.39. The molecule has 2 aromatic rings. The van der Waals surface area contributed by atoms with Gasteiger partial charge in [0.2, 0.25) is 5.88 Å². The van der Waals surface area contributed by atoms with E-state index in [2.05, 4.69) is 15.3 Å². The topological polar surface area (TPSA) is 118 Å². The smallest absolute Gasteiger partial charge is 0.345 e. The summed E-state index contributed by atoms with van der Waals surface area (Å²) < 4.78 is 0. The van der Waals surface area contributed by atoms with E-state index in [1.165, 1.54) is 6.92 Å². The van der Waals surface area contributed by atoms with Crippen molar-refractivity contribution < 1.29 is 9.90 Å². The van der Waals surface area contributed by atoms with Crippen molar-refractivity contribution in [3.8, 4) is 11.9 Å². The van der Waals surface area contributed by atoms with Gasteiger partial charge in [0.1, 0.15) is 11.6 Å². The summed E-state index contributed by atoms with van der Waals surface area (Å²) in [7, 11) is 0. The minimum absolute atomic E-state index is 0.0902. The second-order valence-corrected chi connectivity index (χ2v) is 4.96. The fourth-order valence-corrected chi connectivity index (χ4v) is 1.95. The van der Waals surface area contributed by atoms with E-state index in [1.54, 1.807) is 30.3 Å². The summed E-state index contributed by atoms with van der Waals surface area (Å²) in [5, 5.41) is 21.7. The monoisotopic (exact) mass is 330 g/mol. The molecule has 2 rings (SSSR count). The molecule has 23 heavy (non-hydrogen) atoms. The summed E-state index contributed by atoms with van der Waals surface area (Å²) in [4.78, 5) is 29.0. The molecule has 7 nitrogen and oxygen atoms in total. The number of carbonyl (C=O) groups excluding carboxylic acids is 1. The Morgan fingerprint density at radius 3 is 2.70 bits per heavy atom. The third kappa shape index (κ3) is 3.75. The lowest BCUT2D eigenvalue weighted by atomic mass is 10.1. The molecule has 0 aliphatic heterocycles. The van der Waals surface area contributed by atoms with Crippen LogP contribution < -0.4 is 10.9 Å². The van der Waals surface area contributed by atoms with Crippen molar-refractivity contribution in [3.05, 3.63) is 56.3 Å². The van der Waals surface area contributed by atoms with Crippen LogP contribution in [0.25, 0.3) is 0 Å². The molecule has 0 unspecified atom stereocenters. The Labute approximate surface area is 135 Å². The van der Waals surface area contributed by atoms with Crippen molar-refractivity contribution in [1.29, 1.82) is 5.26 Å². The number of anilines is 1. The number of rotatable bonds is 2. The van der Waals surface area contributed by atoms with Gasteiger partial charge >= 0.3 is 6.03 Å². The number of aromatic hydroxyl groups is 1. The van der Waals surface area contributed by atoms with Gasteiger partial charge in [0.25, 0.3) is 5.56 Å². The zero-order chi connectivity index (χ0) is 17.0. The number of aromatic nitrogens is 1. The molecule has 0 atom stereocenters. The normalized spacial score (nSPS) is 10.5. The minimum atomic E-state index is -0.703. The van der Waals surface area contributed by atoms with Crippen molar-refractivity contribution in [2.45, 2.75) is 6.92 Å². The van der Waals surface area contributed by atoms with Gasteiger partial charge in [-0.05, 0) is 36.8 Å². The number of hydrogen-bond acceptors (Lipinski definition) is 4. The Morgan fingerprint density at radius 1 is 1.43 bits per heavy atom. The summed E-state index contributed by atoms with van der Waals surface area (Å²) in [5.41, 5.74) is -0.0338. The molecule has 8 heteroatoms. The highest BCUT2D eigenvalue weighted by molar-refractivity contribution is 6.30. The number of aromatic amines is 1. The largest absolute Gasteiger partial charge is 0.494 e. The molecule has 1 heterocycles. The third-order valence-electron chi connectivity index (χ3n) is 3.01. The Bertz CT molecular complexity index is 879. The quantitative estimate of drug-likeness (QED) is 0.733. The van der Waals surface area contributed by atoms with Gasteiger partial charge in [-0.25, -0.2) is 9.79 Å². The highest BCUT2D eigenvalue weighted by Crippen LogP contribution is 2.17. The summed E-state index contributed by atoms with van der Waals surface area (Å²) in [6, 6.07) is 7.48. The number of nitrogens with zero attached hydrogens (tertiary/aromatic N) is 2. The third-order valence-corrected chi connectivity index (χ3v) is 3.26. The molecule has 116 valence electrons. The Kier molecular flexibility index (Phi) is 4.79. The number of nitrogens with one attached hydrogen (secondary N) is 2. The number of aliphatic imine (C=N–C) groups is 1. The van der Waals surface area contributed by atoms with Crippen LogP contribution in [-0.4, -0.2) is 22.3 Å². The molecule has 0 saturated carbocycles. The second kappa shape index (κ2) is 6.77. The Balaban J connectivity index is 2.23. The van der Waals surface area contributed by atoms with Crippen LogP contribution >= 0.6 is 11.6 Å². The van der Waals surface area contributed by atoms with Crippen LogP contribution in [-0.2, 0) is 0 Å². The summed E-state index contributed by atoms with van der Waals surface area (Å²) >= 11 is 5.74. The molecule has 0 radical (unpaired) electrons. The van der Waals surface area contributed by atoms with Crippen LogP contribution in [0.15, 0.2) is 34.1 Å². The van der Waals surface area contributed by atoms with Gasteiger partial charge in [0.05, 0.1) is 5.56 Å². The molecule has 0 aliphatic carbocycles. The van der Waals surface area contributed by atoms with Crippen LogP contribution in [0.1, 0.15) is 16.7 Å². The number of amides is 2. The van der Waals surface area contributed by atoms with Crippen molar-refractivity contribution in [2.24, 2.45) is 4.99 Å². The van der Waals surface area contributed by atoms with Gasteiger partial charge in [0, 0.05) is 16.9 Å². The number of halogens is 1. The van der Waals surface area contributed by atoms with E-state index < -0.39 is 17.5 Å². The molecule has 2 amide bonds.